The van der Waals surface area contributed by atoms with Crippen LogP contribution in [0, 0.1) is 5.82 Å². The van der Waals surface area contributed by atoms with E-state index in [9.17, 15) is 13.2 Å². The van der Waals surface area contributed by atoms with Crippen molar-refractivity contribution < 1.29 is 18.3 Å². The fourth-order valence-corrected chi connectivity index (χ4v) is 1.19. The quantitative estimate of drug-likeness (QED) is 0.799. The van der Waals surface area contributed by atoms with Crippen molar-refractivity contribution in [2.24, 2.45) is 0 Å². The van der Waals surface area contributed by atoms with E-state index in [1.165, 1.54) is 0 Å². The molecular weight excluding hydrogens is 193 g/mol. The van der Waals surface area contributed by atoms with Gasteiger partial charge >= 0.3 is 0 Å². The predicted molar refractivity (Wildman–Crippen MR) is 46.8 cm³/mol. The van der Waals surface area contributed by atoms with Crippen LogP contribution in [0.1, 0.15) is 24.0 Å². The maximum Gasteiger partial charge on any atom is 0.263 e. The van der Waals surface area contributed by atoms with Crippen molar-refractivity contribution in [1.82, 2.24) is 0 Å². The molecule has 0 fully saturated rings. The van der Waals surface area contributed by atoms with Crippen LogP contribution < -0.4 is 0 Å². The third kappa shape index (κ3) is 2.73. The number of rotatable bonds is 4. The zero-order chi connectivity index (χ0) is 10.6. The third-order valence-corrected chi connectivity index (χ3v) is 1.93. The van der Waals surface area contributed by atoms with Gasteiger partial charge in [0.25, 0.3) is 6.43 Å². The summed E-state index contributed by atoms with van der Waals surface area (Å²) in [5.41, 5.74) is 0.0520. The summed E-state index contributed by atoms with van der Waals surface area (Å²) < 4.78 is 37.5. The Kier molecular flexibility index (Phi) is 3.95. The van der Waals surface area contributed by atoms with Gasteiger partial charge in [-0.25, -0.2) is 13.2 Å². The van der Waals surface area contributed by atoms with Crippen LogP contribution in [-0.4, -0.2) is 11.7 Å². The first kappa shape index (κ1) is 11.0. The fourth-order valence-electron chi connectivity index (χ4n) is 1.19. The highest BCUT2D eigenvalue weighted by Crippen LogP contribution is 2.21. The van der Waals surface area contributed by atoms with Crippen LogP contribution in [0.3, 0.4) is 0 Å². The summed E-state index contributed by atoms with van der Waals surface area (Å²) in [6.45, 7) is -0.0711. The number of aliphatic hydroxyl groups excluding tert-OH is 1. The number of benzene rings is 1. The Bertz CT molecular complexity index is 299. The van der Waals surface area contributed by atoms with E-state index < -0.39 is 12.2 Å². The van der Waals surface area contributed by atoms with E-state index in [1.807, 2.05) is 0 Å². The molecule has 0 radical (unpaired) electrons. The Morgan fingerprint density at radius 1 is 1.29 bits per heavy atom. The molecule has 4 heteroatoms. The number of hydrogen-bond donors (Lipinski definition) is 1. The van der Waals surface area contributed by atoms with Crippen LogP contribution >= 0.6 is 0 Å². The van der Waals surface area contributed by atoms with Crippen molar-refractivity contribution in [3.8, 4) is 0 Å². The van der Waals surface area contributed by atoms with Crippen LogP contribution in [-0.2, 0) is 6.42 Å². The highest BCUT2D eigenvalue weighted by atomic mass is 19.3. The van der Waals surface area contributed by atoms with E-state index in [0.717, 1.165) is 18.2 Å². The second-order valence-electron chi connectivity index (χ2n) is 2.98. The Labute approximate surface area is 80.2 Å². The van der Waals surface area contributed by atoms with E-state index in [4.69, 9.17) is 5.11 Å². The van der Waals surface area contributed by atoms with Crippen LogP contribution in [0.25, 0.3) is 0 Å². The van der Waals surface area contributed by atoms with Gasteiger partial charge in [-0.2, -0.15) is 0 Å². The van der Waals surface area contributed by atoms with Gasteiger partial charge < -0.3 is 5.11 Å². The summed E-state index contributed by atoms with van der Waals surface area (Å²) in [6, 6.07) is 3.26. The first-order valence-electron chi connectivity index (χ1n) is 4.32. The molecule has 0 saturated carbocycles. The molecule has 0 aliphatic carbocycles. The minimum absolute atomic E-state index is 0.0711. The van der Waals surface area contributed by atoms with Gasteiger partial charge in [-0.15, -0.1) is 0 Å². The summed E-state index contributed by atoms with van der Waals surface area (Å²) in [4.78, 5) is 0. The molecular formula is C10H11F3O. The molecule has 14 heavy (non-hydrogen) atoms. The number of aryl methyl sites for hydroxylation is 1. The number of hydrogen-bond acceptors (Lipinski definition) is 1. The summed E-state index contributed by atoms with van der Waals surface area (Å²) in [5, 5.41) is 8.53. The van der Waals surface area contributed by atoms with Gasteiger partial charge in [-0.1, -0.05) is 6.07 Å². The zero-order valence-electron chi connectivity index (χ0n) is 7.51. The van der Waals surface area contributed by atoms with Gasteiger partial charge in [0.05, 0.1) is 0 Å². The lowest BCUT2D eigenvalue weighted by Gasteiger charge is -2.05. The van der Waals surface area contributed by atoms with Gasteiger partial charge in [0.2, 0.25) is 0 Å². The van der Waals surface area contributed by atoms with Gasteiger partial charge in [-0.3, -0.25) is 0 Å². The van der Waals surface area contributed by atoms with Gasteiger partial charge in [0.15, 0.2) is 0 Å². The molecule has 1 aromatic rings. The lowest BCUT2D eigenvalue weighted by atomic mass is 10.1. The average molecular weight is 204 g/mol. The molecule has 1 aromatic carbocycles. The van der Waals surface area contributed by atoms with Gasteiger partial charge in [-0.05, 0) is 30.5 Å². The highest BCUT2D eigenvalue weighted by molar-refractivity contribution is 5.26. The monoisotopic (exact) mass is 204 g/mol. The SMILES string of the molecule is OCCCc1cc(C(F)F)ccc1F. The van der Waals surface area contributed by atoms with Crippen LogP contribution in [0.4, 0.5) is 13.2 Å². The Balaban J connectivity index is 2.85. The Morgan fingerprint density at radius 3 is 2.57 bits per heavy atom. The fraction of sp³-hybridized carbons (Fsp3) is 0.400. The van der Waals surface area contributed by atoms with Crippen LogP contribution in [0.15, 0.2) is 18.2 Å². The molecule has 78 valence electrons. The van der Waals surface area contributed by atoms with Crippen LogP contribution in [0.5, 0.6) is 0 Å². The van der Waals surface area contributed by atoms with E-state index in [2.05, 4.69) is 0 Å². The molecule has 0 spiro atoms. The maximum absolute atomic E-state index is 13.0. The largest absolute Gasteiger partial charge is 0.396 e. The molecule has 1 nitrogen and oxygen atoms in total. The van der Waals surface area contributed by atoms with Crippen molar-refractivity contribution in [1.29, 1.82) is 0 Å². The van der Waals surface area contributed by atoms with Gasteiger partial charge in [0, 0.05) is 12.2 Å². The molecule has 0 aliphatic heterocycles. The van der Waals surface area contributed by atoms with Crippen molar-refractivity contribution in [3.05, 3.63) is 35.1 Å². The first-order valence-corrected chi connectivity index (χ1v) is 4.32. The molecule has 0 unspecified atom stereocenters. The van der Waals surface area contributed by atoms with Crippen molar-refractivity contribution in [2.75, 3.05) is 6.61 Å². The summed E-state index contributed by atoms with van der Waals surface area (Å²) in [5.74, 6) is -0.497. The van der Waals surface area contributed by atoms with Crippen molar-refractivity contribution in [3.63, 3.8) is 0 Å². The number of alkyl halides is 2. The minimum atomic E-state index is -2.58. The molecule has 0 saturated heterocycles. The average Bonchev–Trinajstić information content (AvgIpc) is 2.16. The second-order valence-corrected chi connectivity index (χ2v) is 2.98. The molecule has 0 bridgehead atoms. The first-order chi connectivity index (χ1) is 6.65. The smallest absolute Gasteiger partial charge is 0.263 e. The normalized spacial score (nSPS) is 10.9. The van der Waals surface area contributed by atoms with Crippen molar-refractivity contribution >= 4 is 0 Å². The molecule has 1 rings (SSSR count). The molecule has 0 amide bonds. The predicted octanol–water partition coefficient (Wildman–Crippen LogP) is 2.69. The number of aliphatic hydroxyl groups is 1. The minimum Gasteiger partial charge on any atom is -0.396 e. The van der Waals surface area contributed by atoms with Crippen molar-refractivity contribution in [2.45, 2.75) is 19.3 Å². The summed E-state index contributed by atoms with van der Waals surface area (Å²) in [7, 11) is 0. The maximum atomic E-state index is 13.0. The Hall–Kier alpha value is -1.03. The number of halogens is 3. The molecule has 0 heterocycles. The summed E-state index contributed by atoms with van der Waals surface area (Å²) >= 11 is 0. The molecule has 0 aromatic heterocycles. The van der Waals surface area contributed by atoms with Gasteiger partial charge in [0.1, 0.15) is 5.82 Å². The topological polar surface area (TPSA) is 20.2 Å². The Morgan fingerprint density at radius 2 is 2.00 bits per heavy atom. The zero-order valence-corrected chi connectivity index (χ0v) is 7.51. The van der Waals surface area contributed by atoms with E-state index >= 15 is 0 Å². The lowest BCUT2D eigenvalue weighted by molar-refractivity contribution is 0.151. The van der Waals surface area contributed by atoms with E-state index in [1.54, 1.807) is 0 Å². The molecule has 1 N–H and O–H groups in total. The molecule has 0 aliphatic rings. The summed E-state index contributed by atoms with van der Waals surface area (Å²) in [6.07, 6.45) is -1.92. The third-order valence-electron chi connectivity index (χ3n) is 1.93. The second kappa shape index (κ2) is 5.00. The van der Waals surface area contributed by atoms with E-state index in [-0.39, 0.29) is 24.2 Å². The van der Waals surface area contributed by atoms with E-state index in [0.29, 0.717) is 6.42 Å². The standard InChI is InChI=1S/C10H11F3O/c11-9-4-3-8(10(12)13)6-7(9)2-1-5-14/h3-4,6,10,14H,1-2,5H2. The van der Waals surface area contributed by atoms with Crippen LogP contribution in [0.2, 0.25) is 0 Å². The lowest BCUT2D eigenvalue weighted by Crippen LogP contribution is -1.96. The molecule has 0 atom stereocenters. The highest BCUT2D eigenvalue weighted by Gasteiger charge is 2.10.